The summed E-state index contributed by atoms with van der Waals surface area (Å²) in [6, 6.07) is 61.0. The summed E-state index contributed by atoms with van der Waals surface area (Å²) in [5, 5.41) is 5.27. The third kappa shape index (κ3) is 4.56. The number of thiophene rings is 1. The second-order valence-electron chi connectivity index (χ2n) is 14.5. The van der Waals surface area contributed by atoms with Crippen LogP contribution >= 0.6 is 11.3 Å². The molecule has 0 radical (unpaired) electrons. The summed E-state index contributed by atoms with van der Waals surface area (Å²) in [4.78, 5) is 0. The lowest BCUT2D eigenvalue weighted by Crippen LogP contribution is -1.93. The third-order valence-electron chi connectivity index (χ3n) is 11.5. The molecule has 0 N–H and O–H groups in total. The first-order valence-corrected chi connectivity index (χ1v) is 19.3. The maximum Gasteiger partial charge on any atom is 0.0547 e. The normalized spacial score (nSPS) is 12.3. The third-order valence-corrected chi connectivity index (χ3v) is 12.7. The standard InChI is InChI=1S/C51H35NS/c1-31-22-24-34(29-43(31)48-32(2)23-27-41-40-15-7-9-21-47(40)53-51(41)48)38-17-10-12-36-28-33-25-26-35(30-44(33)49(36)38)39-18-11-20-46-50(39)42-16-6-8-19-45(42)52(46)37-13-4-3-5-14-37/h3-27,29-30H,28H2,1-2H3. The van der Waals surface area contributed by atoms with Crippen molar-refractivity contribution in [3.8, 4) is 50.2 Å². The predicted molar refractivity (Wildman–Crippen MR) is 228 cm³/mol. The van der Waals surface area contributed by atoms with Gasteiger partial charge in [-0.2, -0.15) is 0 Å². The molecule has 1 aliphatic rings. The molecule has 250 valence electrons. The van der Waals surface area contributed by atoms with Gasteiger partial charge >= 0.3 is 0 Å². The molecule has 0 saturated heterocycles. The van der Waals surface area contributed by atoms with Crippen LogP contribution in [0.3, 0.4) is 0 Å². The van der Waals surface area contributed by atoms with E-state index in [9.17, 15) is 0 Å². The number of hydrogen-bond donors (Lipinski definition) is 0. The van der Waals surface area contributed by atoms with Gasteiger partial charge in [0.2, 0.25) is 0 Å². The van der Waals surface area contributed by atoms with E-state index < -0.39 is 0 Å². The van der Waals surface area contributed by atoms with Crippen LogP contribution in [0.1, 0.15) is 22.3 Å². The number of nitrogens with zero attached hydrogens (tertiary/aromatic N) is 1. The summed E-state index contributed by atoms with van der Waals surface area (Å²) in [6.45, 7) is 4.53. The molecule has 0 saturated carbocycles. The first-order chi connectivity index (χ1) is 26.1. The van der Waals surface area contributed by atoms with Crippen molar-refractivity contribution >= 4 is 53.3 Å². The van der Waals surface area contributed by atoms with Gasteiger partial charge in [-0.3, -0.25) is 0 Å². The van der Waals surface area contributed by atoms with Gasteiger partial charge in [0, 0.05) is 42.2 Å². The molecule has 0 aliphatic heterocycles. The molecule has 10 aromatic rings. The van der Waals surface area contributed by atoms with Crippen molar-refractivity contribution in [1.82, 2.24) is 4.57 Å². The number of aromatic nitrogens is 1. The molecule has 53 heavy (non-hydrogen) atoms. The van der Waals surface area contributed by atoms with Crippen molar-refractivity contribution in [3.05, 3.63) is 186 Å². The van der Waals surface area contributed by atoms with Crippen molar-refractivity contribution in [1.29, 1.82) is 0 Å². The SMILES string of the molecule is Cc1ccc(-c2cccc3c2-c2cc(-c4cccc5c4c4ccccc4n5-c4ccccc4)ccc2C3)cc1-c1c(C)ccc2c1sc1ccccc12. The van der Waals surface area contributed by atoms with Crippen LogP contribution in [0.2, 0.25) is 0 Å². The van der Waals surface area contributed by atoms with Gasteiger partial charge in [-0.15, -0.1) is 11.3 Å². The van der Waals surface area contributed by atoms with Crippen LogP contribution in [0.25, 0.3) is 92.2 Å². The van der Waals surface area contributed by atoms with Gasteiger partial charge in [-0.25, -0.2) is 0 Å². The Morgan fingerprint density at radius 3 is 2.06 bits per heavy atom. The molecule has 0 amide bonds. The van der Waals surface area contributed by atoms with E-state index in [0.717, 1.165) is 6.42 Å². The lowest BCUT2D eigenvalue weighted by molar-refractivity contribution is 1.18. The highest BCUT2D eigenvalue weighted by Gasteiger charge is 2.25. The van der Waals surface area contributed by atoms with E-state index in [1.54, 1.807) is 0 Å². The number of para-hydroxylation sites is 2. The molecule has 1 nitrogen and oxygen atoms in total. The van der Waals surface area contributed by atoms with Crippen LogP contribution in [0, 0.1) is 13.8 Å². The quantitative estimate of drug-likeness (QED) is 0.173. The second-order valence-corrected chi connectivity index (χ2v) is 15.6. The average Bonchev–Trinajstić information content (AvgIpc) is 3.88. The molecule has 0 fully saturated rings. The molecular weight excluding hydrogens is 659 g/mol. The number of aryl methyl sites for hydroxylation is 2. The Bertz CT molecular complexity index is 3100. The summed E-state index contributed by atoms with van der Waals surface area (Å²) in [5.41, 5.74) is 19.6. The van der Waals surface area contributed by atoms with Crippen molar-refractivity contribution in [2.75, 3.05) is 0 Å². The number of rotatable bonds is 4. The maximum absolute atomic E-state index is 2.46. The minimum absolute atomic E-state index is 0.954. The van der Waals surface area contributed by atoms with Crippen LogP contribution in [-0.2, 0) is 6.42 Å². The van der Waals surface area contributed by atoms with Gasteiger partial charge < -0.3 is 4.57 Å². The number of hydrogen-bond acceptors (Lipinski definition) is 1. The predicted octanol–water partition coefficient (Wildman–Crippen LogP) is 14.3. The Balaban J connectivity index is 1.09. The highest BCUT2D eigenvalue weighted by molar-refractivity contribution is 7.26. The van der Waals surface area contributed by atoms with Crippen LogP contribution in [0.4, 0.5) is 0 Å². The monoisotopic (exact) mass is 693 g/mol. The Kier molecular flexibility index (Phi) is 6.68. The van der Waals surface area contributed by atoms with E-state index in [1.165, 1.54) is 114 Å². The molecule has 2 heteroatoms. The van der Waals surface area contributed by atoms with Gasteiger partial charge in [0.25, 0.3) is 0 Å². The molecule has 0 spiro atoms. The van der Waals surface area contributed by atoms with Gasteiger partial charge in [-0.1, -0.05) is 121 Å². The average molecular weight is 694 g/mol. The van der Waals surface area contributed by atoms with E-state index in [0.29, 0.717) is 0 Å². The van der Waals surface area contributed by atoms with E-state index in [-0.39, 0.29) is 0 Å². The Morgan fingerprint density at radius 1 is 0.453 bits per heavy atom. The molecule has 1 aliphatic carbocycles. The minimum Gasteiger partial charge on any atom is -0.309 e. The van der Waals surface area contributed by atoms with Crippen LogP contribution in [0.5, 0.6) is 0 Å². The zero-order valence-electron chi connectivity index (χ0n) is 29.7. The van der Waals surface area contributed by atoms with E-state index in [2.05, 4.69) is 182 Å². The zero-order valence-corrected chi connectivity index (χ0v) is 30.5. The maximum atomic E-state index is 2.46. The van der Waals surface area contributed by atoms with Crippen molar-refractivity contribution in [2.45, 2.75) is 20.3 Å². The summed E-state index contributed by atoms with van der Waals surface area (Å²) in [7, 11) is 0. The summed E-state index contributed by atoms with van der Waals surface area (Å²) in [6.07, 6.45) is 0.954. The molecule has 0 bridgehead atoms. The Hall–Kier alpha value is -6.22. The lowest BCUT2D eigenvalue weighted by atomic mass is 9.88. The van der Waals surface area contributed by atoms with E-state index in [1.807, 2.05) is 11.3 Å². The Morgan fingerprint density at radius 2 is 1.15 bits per heavy atom. The van der Waals surface area contributed by atoms with Crippen molar-refractivity contribution < 1.29 is 0 Å². The van der Waals surface area contributed by atoms with Gasteiger partial charge in [0.05, 0.1) is 11.0 Å². The molecule has 8 aromatic carbocycles. The summed E-state index contributed by atoms with van der Waals surface area (Å²) >= 11 is 1.92. The molecular formula is C51H35NS. The summed E-state index contributed by atoms with van der Waals surface area (Å²) in [5.74, 6) is 0. The lowest BCUT2D eigenvalue weighted by Gasteiger charge is -2.16. The molecule has 2 aromatic heterocycles. The van der Waals surface area contributed by atoms with Gasteiger partial charge in [0.1, 0.15) is 0 Å². The molecule has 11 rings (SSSR count). The van der Waals surface area contributed by atoms with Gasteiger partial charge in [0.15, 0.2) is 0 Å². The molecule has 0 unspecified atom stereocenters. The fourth-order valence-corrected chi connectivity index (χ4v) is 10.4. The highest BCUT2D eigenvalue weighted by atomic mass is 32.1. The number of benzene rings is 8. The minimum atomic E-state index is 0.954. The fourth-order valence-electron chi connectivity index (χ4n) is 9.04. The first-order valence-electron chi connectivity index (χ1n) is 18.5. The van der Waals surface area contributed by atoms with Gasteiger partial charge in [-0.05, 0) is 124 Å². The van der Waals surface area contributed by atoms with E-state index >= 15 is 0 Å². The van der Waals surface area contributed by atoms with E-state index in [4.69, 9.17) is 0 Å². The molecule has 2 heterocycles. The fraction of sp³-hybridized carbons (Fsp3) is 0.0588. The van der Waals surface area contributed by atoms with Crippen LogP contribution < -0.4 is 0 Å². The number of fused-ring (bicyclic) bond motifs is 9. The summed E-state index contributed by atoms with van der Waals surface area (Å²) < 4.78 is 5.13. The van der Waals surface area contributed by atoms with Crippen LogP contribution in [0.15, 0.2) is 164 Å². The smallest absolute Gasteiger partial charge is 0.0547 e. The zero-order chi connectivity index (χ0) is 35.2. The first kappa shape index (κ1) is 30.4. The topological polar surface area (TPSA) is 4.93 Å². The molecule has 0 atom stereocenters. The second kappa shape index (κ2) is 11.6. The highest BCUT2D eigenvalue weighted by Crippen LogP contribution is 2.48. The van der Waals surface area contributed by atoms with Crippen LogP contribution in [-0.4, -0.2) is 4.57 Å². The van der Waals surface area contributed by atoms with Crippen molar-refractivity contribution in [2.24, 2.45) is 0 Å². The largest absolute Gasteiger partial charge is 0.309 e. The Labute approximate surface area is 313 Å². The van der Waals surface area contributed by atoms with Crippen molar-refractivity contribution in [3.63, 3.8) is 0 Å².